The monoisotopic (exact) mass is 540 g/mol. The van der Waals surface area contributed by atoms with Gasteiger partial charge in [-0.25, -0.2) is 5.43 Å². The lowest BCUT2D eigenvalue weighted by Gasteiger charge is -2.44. The molecule has 1 aromatic heterocycles. The molecule has 2 N–H and O–H groups in total. The first-order valence-corrected chi connectivity index (χ1v) is 15.1. The van der Waals surface area contributed by atoms with Gasteiger partial charge in [0.25, 0.3) is 0 Å². The molecule has 9 nitrogen and oxygen atoms in total. The molecule has 4 atom stereocenters. The maximum atomic E-state index is 13.1. The van der Waals surface area contributed by atoms with E-state index in [2.05, 4.69) is 96.1 Å². The number of anilines is 1. The number of aromatic nitrogens is 3. The number of carbonyl (C=O) groups excluding carboxylic acids is 1. The van der Waals surface area contributed by atoms with Crippen molar-refractivity contribution in [2.24, 2.45) is 5.92 Å². The quantitative estimate of drug-likeness (QED) is 0.474. The summed E-state index contributed by atoms with van der Waals surface area (Å²) >= 11 is 0. The van der Waals surface area contributed by atoms with Crippen molar-refractivity contribution in [1.29, 1.82) is 0 Å². The van der Waals surface area contributed by atoms with E-state index in [0.29, 0.717) is 18.4 Å². The highest BCUT2D eigenvalue weighted by Crippen LogP contribution is 2.45. The summed E-state index contributed by atoms with van der Waals surface area (Å²) in [7, 11) is 0. The molecule has 1 saturated carbocycles. The van der Waals surface area contributed by atoms with E-state index in [9.17, 15) is 4.79 Å². The number of nitrogens with one attached hydrogen (secondary N) is 2. The fourth-order valence-corrected chi connectivity index (χ4v) is 7.19. The summed E-state index contributed by atoms with van der Waals surface area (Å²) in [6.45, 7) is 4.45. The Hall–Kier alpha value is -3.27. The maximum absolute atomic E-state index is 13.1. The van der Waals surface area contributed by atoms with Crippen molar-refractivity contribution < 1.29 is 4.79 Å². The zero-order chi connectivity index (χ0) is 26.9. The minimum atomic E-state index is 0.0613. The molecule has 1 amide bonds. The van der Waals surface area contributed by atoms with Crippen LogP contribution >= 0.6 is 0 Å². The molecule has 0 bridgehead atoms. The number of fused-ring (bicyclic) bond motifs is 6. The zero-order valence-corrected chi connectivity index (χ0v) is 23.2. The fourth-order valence-electron chi connectivity index (χ4n) is 7.19. The molecule has 3 aliphatic heterocycles. The minimum Gasteiger partial charge on any atom is -0.340 e. The Morgan fingerprint density at radius 2 is 1.65 bits per heavy atom. The Kier molecular flexibility index (Phi) is 7.26. The maximum Gasteiger partial charge on any atom is 0.243 e. The molecule has 2 aromatic carbocycles. The third-order valence-corrected chi connectivity index (χ3v) is 9.26. The van der Waals surface area contributed by atoms with E-state index in [1.807, 2.05) is 4.90 Å². The van der Waals surface area contributed by atoms with Crippen LogP contribution in [-0.4, -0.2) is 62.8 Å². The Bertz CT molecular complexity index is 1290. The standard InChI is InChI=1S/C31H40N8O/c40-28(37-20-18-36(19-21-37)22-23-10-3-1-4-11-23)17-9-16-27-33-34-31-38(27)26-15-8-7-14-25(26)30-32-29(35-39(30)31)24-12-5-2-6-13-24/h1-6,10-13,25-26,29-30,32,35H,7-9,14-22H2. The summed E-state index contributed by atoms with van der Waals surface area (Å²) in [4.78, 5) is 17.6. The smallest absolute Gasteiger partial charge is 0.243 e. The van der Waals surface area contributed by atoms with Crippen molar-refractivity contribution >= 4 is 11.9 Å². The second-order valence-electron chi connectivity index (χ2n) is 11.8. The van der Waals surface area contributed by atoms with Crippen LogP contribution in [0.3, 0.4) is 0 Å². The van der Waals surface area contributed by atoms with Gasteiger partial charge in [0.1, 0.15) is 18.2 Å². The molecule has 4 heterocycles. The normalized spacial score (nSPS) is 26.3. The highest BCUT2D eigenvalue weighted by atomic mass is 16.2. The second-order valence-corrected chi connectivity index (χ2v) is 11.8. The topological polar surface area (TPSA) is 81.6 Å². The lowest BCUT2D eigenvalue weighted by Crippen LogP contribution is -2.53. The molecule has 210 valence electrons. The Balaban J connectivity index is 0.975. The molecular weight excluding hydrogens is 500 g/mol. The first-order valence-electron chi connectivity index (χ1n) is 15.1. The SMILES string of the molecule is O=C(CCCc1nnc2n1C1CCCCC1C1NC(c3ccccc3)NN21)N1CCN(Cc2ccccc2)CC1. The summed E-state index contributed by atoms with van der Waals surface area (Å²) in [5, 5.41) is 15.4. The van der Waals surface area contributed by atoms with Crippen LogP contribution in [0.5, 0.6) is 0 Å². The van der Waals surface area contributed by atoms with Gasteiger partial charge in [-0.3, -0.25) is 24.6 Å². The summed E-state index contributed by atoms with van der Waals surface area (Å²) in [5.74, 6) is 2.71. The number of amides is 1. The van der Waals surface area contributed by atoms with Gasteiger partial charge in [-0.1, -0.05) is 73.5 Å². The van der Waals surface area contributed by atoms with Gasteiger partial charge in [-0.05, 0) is 30.4 Å². The largest absolute Gasteiger partial charge is 0.340 e. The van der Waals surface area contributed by atoms with Gasteiger partial charge < -0.3 is 4.90 Å². The molecule has 7 rings (SSSR count). The summed E-state index contributed by atoms with van der Waals surface area (Å²) in [5.41, 5.74) is 6.25. The predicted molar refractivity (Wildman–Crippen MR) is 154 cm³/mol. The number of hydrazine groups is 1. The third kappa shape index (κ3) is 5.02. The van der Waals surface area contributed by atoms with Crippen molar-refractivity contribution in [2.45, 2.75) is 69.9 Å². The molecule has 3 fully saturated rings. The molecule has 3 aromatic rings. The third-order valence-electron chi connectivity index (χ3n) is 9.26. The van der Waals surface area contributed by atoms with Crippen molar-refractivity contribution in [3.8, 4) is 0 Å². The van der Waals surface area contributed by atoms with E-state index in [0.717, 1.165) is 63.8 Å². The average Bonchev–Trinajstić information content (AvgIpc) is 3.64. The van der Waals surface area contributed by atoms with Gasteiger partial charge in [-0.15, -0.1) is 10.2 Å². The van der Waals surface area contributed by atoms with Crippen molar-refractivity contribution in [1.82, 2.24) is 35.3 Å². The van der Waals surface area contributed by atoms with Crippen LogP contribution in [0.1, 0.15) is 67.7 Å². The highest BCUT2D eigenvalue weighted by Gasteiger charge is 2.48. The molecule has 40 heavy (non-hydrogen) atoms. The number of hydrogen-bond donors (Lipinski definition) is 2. The summed E-state index contributed by atoms with van der Waals surface area (Å²) < 4.78 is 2.40. The van der Waals surface area contributed by atoms with Crippen molar-refractivity contribution in [3.05, 3.63) is 77.6 Å². The number of nitrogens with zero attached hydrogens (tertiary/aromatic N) is 6. The van der Waals surface area contributed by atoms with Crippen LogP contribution in [0, 0.1) is 5.92 Å². The van der Waals surface area contributed by atoms with E-state index in [4.69, 9.17) is 0 Å². The molecule has 4 aliphatic rings. The molecule has 0 radical (unpaired) electrons. The van der Waals surface area contributed by atoms with Crippen LogP contribution in [0.15, 0.2) is 60.7 Å². The van der Waals surface area contributed by atoms with Gasteiger partial charge in [0.15, 0.2) is 0 Å². The average molecular weight is 541 g/mol. The number of piperazine rings is 1. The summed E-state index contributed by atoms with van der Waals surface area (Å²) in [6.07, 6.45) is 7.30. The van der Waals surface area contributed by atoms with Gasteiger partial charge in [0.2, 0.25) is 11.9 Å². The molecule has 0 spiro atoms. The number of rotatable bonds is 7. The molecule has 4 unspecified atom stereocenters. The van der Waals surface area contributed by atoms with Gasteiger partial charge >= 0.3 is 0 Å². The number of hydrogen-bond acceptors (Lipinski definition) is 7. The van der Waals surface area contributed by atoms with E-state index < -0.39 is 0 Å². The lowest BCUT2D eigenvalue weighted by molar-refractivity contribution is -0.133. The Morgan fingerprint density at radius 1 is 0.900 bits per heavy atom. The predicted octanol–water partition coefficient (Wildman–Crippen LogP) is 3.63. The van der Waals surface area contributed by atoms with E-state index in [1.54, 1.807) is 0 Å². The highest BCUT2D eigenvalue weighted by molar-refractivity contribution is 5.76. The van der Waals surface area contributed by atoms with Crippen LogP contribution in [0.4, 0.5) is 5.95 Å². The van der Waals surface area contributed by atoms with E-state index in [-0.39, 0.29) is 18.2 Å². The Morgan fingerprint density at radius 3 is 2.45 bits per heavy atom. The number of carbonyl (C=O) groups is 1. The van der Waals surface area contributed by atoms with Gasteiger partial charge in [0.05, 0.1) is 0 Å². The first-order chi connectivity index (χ1) is 19.7. The van der Waals surface area contributed by atoms with Crippen LogP contribution in [0.25, 0.3) is 0 Å². The molecule has 1 aliphatic carbocycles. The molecule has 2 saturated heterocycles. The van der Waals surface area contributed by atoms with Crippen LogP contribution in [-0.2, 0) is 17.8 Å². The van der Waals surface area contributed by atoms with Crippen molar-refractivity contribution in [3.63, 3.8) is 0 Å². The minimum absolute atomic E-state index is 0.0613. The number of benzene rings is 2. The number of aryl methyl sites for hydroxylation is 1. The fraction of sp³-hybridized carbons (Fsp3) is 0.516. The van der Waals surface area contributed by atoms with Crippen LogP contribution < -0.4 is 15.8 Å². The molecular formula is C31H40N8O. The zero-order valence-electron chi connectivity index (χ0n) is 23.2. The molecule has 9 heteroatoms. The van der Waals surface area contributed by atoms with Crippen molar-refractivity contribution in [2.75, 3.05) is 31.2 Å². The van der Waals surface area contributed by atoms with E-state index >= 15 is 0 Å². The van der Waals surface area contributed by atoms with E-state index in [1.165, 1.54) is 30.4 Å². The van der Waals surface area contributed by atoms with Gasteiger partial charge in [-0.2, -0.15) is 0 Å². The first kappa shape index (κ1) is 25.7. The second kappa shape index (κ2) is 11.3. The van der Waals surface area contributed by atoms with Gasteiger partial charge in [0, 0.05) is 57.5 Å². The Labute approximate surface area is 236 Å². The van der Waals surface area contributed by atoms with Crippen LogP contribution in [0.2, 0.25) is 0 Å². The lowest BCUT2D eigenvalue weighted by atomic mass is 9.81. The summed E-state index contributed by atoms with van der Waals surface area (Å²) in [6, 6.07) is 21.6.